The number of likely N-dealkylation sites (N-methyl/N-ethyl adjacent to an activating group) is 1. The Balaban J connectivity index is 1.54. The highest BCUT2D eigenvalue weighted by Crippen LogP contribution is 2.41. The summed E-state index contributed by atoms with van der Waals surface area (Å²) in [6, 6.07) is 10.5. The van der Waals surface area contributed by atoms with E-state index in [9.17, 15) is 9.59 Å². The maximum absolute atomic E-state index is 12.4. The normalized spacial score (nSPS) is 13.7. The molecule has 3 rings (SSSR count). The topological polar surface area (TPSA) is 77.1 Å². The number of fused-ring (bicyclic) bond motifs is 1. The van der Waals surface area contributed by atoms with Gasteiger partial charge in [-0.2, -0.15) is 0 Å². The molecule has 172 valence electrons. The lowest BCUT2D eigenvalue weighted by molar-refractivity contribution is -0.133. The molecule has 0 unspecified atom stereocenters. The van der Waals surface area contributed by atoms with Gasteiger partial charge in [-0.1, -0.05) is 23.7 Å². The van der Waals surface area contributed by atoms with Crippen LogP contribution in [0.3, 0.4) is 0 Å². The summed E-state index contributed by atoms with van der Waals surface area (Å²) >= 11 is 6.26. The summed E-state index contributed by atoms with van der Waals surface area (Å²) in [6.07, 6.45) is 0.791. The monoisotopic (exact) mass is 460 g/mol. The van der Waals surface area contributed by atoms with Crippen LogP contribution in [0, 0.1) is 0 Å². The van der Waals surface area contributed by atoms with E-state index >= 15 is 0 Å². The molecule has 8 heteroatoms. The van der Waals surface area contributed by atoms with Gasteiger partial charge in [-0.25, -0.2) is 0 Å². The van der Waals surface area contributed by atoms with Gasteiger partial charge in [-0.3, -0.25) is 9.59 Å². The first-order chi connectivity index (χ1) is 15.2. The summed E-state index contributed by atoms with van der Waals surface area (Å²) < 4.78 is 17.2. The van der Waals surface area contributed by atoms with Crippen LogP contribution < -0.4 is 19.5 Å². The second kappa shape index (κ2) is 10.1. The number of para-hydroxylation sites is 1. The van der Waals surface area contributed by atoms with Crippen molar-refractivity contribution in [1.82, 2.24) is 4.90 Å². The number of nitrogens with zero attached hydrogens (tertiary/aromatic N) is 1. The number of benzene rings is 2. The van der Waals surface area contributed by atoms with E-state index in [0.29, 0.717) is 41.0 Å². The zero-order valence-electron chi connectivity index (χ0n) is 18.9. The molecule has 1 N–H and O–H groups in total. The number of rotatable bonds is 9. The minimum absolute atomic E-state index is 0.0960. The summed E-state index contributed by atoms with van der Waals surface area (Å²) in [5, 5.41) is 3.04. The molecule has 0 bridgehead atoms. The first-order valence-electron chi connectivity index (χ1n) is 10.7. The Morgan fingerprint density at radius 2 is 1.81 bits per heavy atom. The van der Waals surface area contributed by atoms with Crippen molar-refractivity contribution in [1.29, 1.82) is 0 Å². The van der Waals surface area contributed by atoms with E-state index in [1.54, 1.807) is 29.2 Å². The minimum Gasteiger partial charge on any atom is -0.483 e. The van der Waals surface area contributed by atoms with E-state index in [4.69, 9.17) is 25.8 Å². The van der Waals surface area contributed by atoms with E-state index < -0.39 is 0 Å². The Morgan fingerprint density at radius 1 is 1.09 bits per heavy atom. The average molecular weight is 461 g/mol. The smallest absolute Gasteiger partial charge is 0.262 e. The number of nitrogens with one attached hydrogen (secondary N) is 1. The second-order valence-corrected chi connectivity index (χ2v) is 8.53. The Morgan fingerprint density at radius 3 is 2.50 bits per heavy atom. The summed E-state index contributed by atoms with van der Waals surface area (Å²) in [5.41, 5.74) is 1.28. The van der Waals surface area contributed by atoms with Crippen molar-refractivity contribution >= 4 is 29.1 Å². The third-order valence-corrected chi connectivity index (χ3v) is 5.39. The van der Waals surface area contributed by atoms with Gasteiger partial charge < -0.3 is 24.4 Å². The van der Waals surface area contributed by atoms with Crippen LogP contribution in [-0.2, 0) is 16.0 Å². The number of amides is 2. The molecular formula is C24H29ClN2O5. The maximum atomic E-state index is 12.4. The summed E-state index contributed by atoms with van der Waals surface area (Å²) in [7, 11) is 0. The second-order valence-electron chi connectivity index (χ2n) is 8.12. The number of carbonyl (C=O) groups excluding carboxylic acids is 2. The lowest BCUT2D eigenvalue weighted by Gasteiger charge is -2.19. The Bertz CT molecular complexity index is 988. The van der Waals surface area contributed by atoms with Gasteiger partial charge in [0.25, 0.3) is 11.8 Å². The summed E-state index contributed by atoms with van der Waals surface area (Å²) in [6.45, 7) is 8.82. The molecule has 1 aliphatic rings. The average Bonchev–Trinajstić information content (AvgIpc) is 3.07. The van der Waals surface area contributed by atoms with Crippen molar-refractivity contribution in [2.75, 3.05) is 31.6 Å². The third-order valence-electron chi connectivity index (χ3n) is 5.10. The highest BCUT2D eigenvalue weighted by Gasteiger charge is 2.32. The van der Waals surface area contributed by atoms with Gasteiger partial charge in [-0.15, -0.1) is 0 Å². The molecular weight excluding hydrogens is 432 g/mol. The van der Waals surface area contributed by atoms with E-state index in [1.165, 1.54) is 0 Å². The van der Waals surface area contributed by atoms with Crippen LogP contribution in [0.2, 0.25) is 5.02 Å². The molecule has 0 aliphatic carbocycles. The van der Waals surface area contributed by atoms with E-state index in [1.807, 2.05) is 39.8 Å². The quantitative estimate of drug-likeness (QED) is 0.603. The fraction of sp³-hybridized carbons (Fsp3) is 0.417. The van der Waals surface area contributed by atoms with Gasteiger partial charge >= 0.3 is 0 Å². The SMILES string of the molecule is CCN(CC)C(=O)COc1ccc(NC(=O)COc2cccc3c2OC(C)(C)C3)cc1Cl. The van der Waals surface area contributed by atoms with Crippen molar-refractivity contribution in [3.63, 3.8) is 0 Å². The van der Waals surface area contributed by atoms with Crippen molar-refractivity contribution < 1.29 is 23.8 Å². The van der Waals surface area contributed by atoms with Gasteiger partial charge in [0.1, 0.15) is 11.4 Å². The minimum atomic E-state index is -0.332. The van der Waals surface area contributed by atoms with E-state index in [-0.39, 0.29) is 30.6 Å². The molecule has 0 fully saturated rings. The van der Waals surface area contributed by atoms with Crippen LogP contribution in [0.5, 0.6) is 17.2 Å². The zero-order valence-corrected chi connectivity index (χ0v) is 19.6. The van der Waals surface area contributed by atoms with Crippen LogP contribution in [0.1, 0.15) is 33.3 Å². The number of hydrogen-bond acceptors (Lipinski definition) is 5. The molecule has 0 saturated heterocycles. The molecule has 7 nitrogen and oxygen atoms in total. The highest BCUT2D eigenvalue weighted by atomic mass is 35.5. The standard InChI is InChI=1S/C24H29ClN2O5/c1-5-27(6-2)22(29)15-31-19-11-10-17(12-18(19)25)26-21(28)14-30-20-9-7-8-16-13-24(3,4)32-23(16)20/h7-12H,5-6,13-15H2,1-4H3,(H,26,28). The van der Waals surface area contributed by atoms with Gasteiger partial charge in [0.15, 0.2) is 24.7 Å². The Labute approximate surface area is 193 Å². The summed E-state index contributed by atoms with van der Waals surface area (Å²) in [4.78, 5) is 26.1. The largest absolute Gasteiger partial charge is 0.483 e. The number of hydrogen-bond donors (Lipinski definition) is 1. The number of halogens is 1. The van der Waals surface area contributed by atoms with E-state index in [0.717, 1.165) is 12.0 Å². The molecule has 0 radical (unpaired) electrons. The predicted octanol–water partition coefficient (Wildman–Crippen LogP) is 4.32. The lowest BCUT2D eigenvalue weighted by atomic mass is 10.0. The molecule has 2 aromatic rings. The predicted molar refractivity (Wildman–Crippen MR) is 124 cm³/mol. The van der Waals surface area contributed by atoms with Crippen LogP contribution in [0.25, 0.3) is 0 Å². The van der Waals surface area contributed by atoms with Crippen molar-refractivity contribution in [3.8, 4) is 17.2 Å². The van der Waals surface area contributed by atoms with E-state index in [2.05, 4.69) is 5.32 Å². The van der Waals surface area contributed by atoms with Gasteiger partial charge in [0.2, 0.25) is 0 Å². The zero-order chi connectivity index (χ0) is 23.3. The molecule has 1 aliphatic heterocycles. The van der Waals surface area contributed by atoms with Crippen molar-refractivity contribution in [2.24, 2.45) is 0 Å². The Hall–Kier alpha value is -2.93. The van der Waals surface area contributed by atoms with Gasteiger partial charge in [-0.05, 0) is 52.0 Å². The number of carbonyl (C=O) groups is 2. The van der Waals surface area contributed by atoms with Crippen LogP contribution in [-0.4, -0.2) is 48.6 Å². The fourth-order valence-corrected chi connectivity index (χ4v) is 3.78. The first-order valence-corrected chi connectivity index (χ1v) is 11.0. The van der Waals surface area contributed by atoms with Crippen LogP contribution in [0.15, 0.2) is 36.4 Å². The number of anilines is 1. The summed E-state index contributed by atoms with van der Waals surface area (Å²) in [5.74, 6) is 1.17. The molecule has 0 saturated carbocycles. The van der Waals surface area contributed by atoms with Crippen molar-refractivity contribution in [2.45, 2.75) is 39.7 Å². The van der Waals surface area contributed by atoms with Crippen LogP contribution >= 0.6 is 11.6 Å². The lowest BCUT2D eigenvalue weighted by Crippen LogP contribution is -2.34. The maximum Gasteiger partial charge on any atom is 0.262 e. The third kappa shape index (κ3) is 5.85. The number of ether oxygens (including phenoxy) is 3. The molecule has 2 amide bonds. The molecule has 0 atom stereocenters. The van der Waals surface area contributed by atoms with Crippen molar-refractivity contribution in [3.05, 3.63) is 47.0 Å². The van der Waals surface area contributed by atoms with Gasteiger partial charge in [0.05, 0.1) is 5.02 Å². The Kier molecular flexibility index (Phi) is 7.51. The van der Waals surface area contributed by atoms with Gasteiger partial charge in [0, 0.05) is 30.8 Å². The molecule has 1 heterocycles. The fourth-order valence-electron chi connectivity index (χ4n) is 3.54. The van der Waals surface area contributed by atoms with Crippen LogP contribution in [0.4, 0.5) is 5.69 Å². The molecule has 32 heavy (non-hydrogen) atoms. The highest BCUT2D eigenvalue weighted by molar-refractivity contribution is 6.32. The molecule has 2 aromatic carbocycles. The molecule has 0 spiro atoms. The molecule has 0 aromatic heterocycles. The first kappa shape index (κ1) is 23.7.